The van der Waals surface area contributed by atoms with E-state index in [0.717, 1.165) is 0 Å². The molecule has 1 aromatic carbocycles. The molecule has 2 N–H and O–H groups in total. The summed E-state index contributed by atoms with van der Waals surface area (Å²) in [5.74, 6) is -0.345. The number of hydrogen-bond donors (Lipinski definition) is 2. The predicted molar refractivity (Wildman–Crippen MR) is 74.3 cm³/mol. The van der Waals surface area contributed by atoms with Crippen LogP contribution in [0.2, 0.25) is 0 Å². The molecule has 0 saturated carbocycles. The first-order valence-corrected chi connectivity index (χ1v) is 7.80. The average Bonchev–Trinajstić information content (AvgIpc) is 2.37. The highest BCUT2D eigenvalue weighted by Crippen LogP contribution is 2.16. The van der Waals surface area contributed by atoms with Gasteiger partial charge in [0.25, 0.3) is 0 Å². The predicted octanol–water partition coefficient (Wildman–Crippen LogP) is 1.62. The van der Waals surface area contributed by atoms with Crippen LogP contribution in [0.3, 0.4) is 0 Å². The number of benzene rings is 1. The number of sulfonamides is 1. The number of ether oxygens (including phenoxy) is 1. The van der Waals surface area contributed by atoms with Crippen molar-refractivity contribution >= 4 is 16.0 Å². The van der Waals surface area contributed by atoms with E-state index < -0.39 is 22.0 Å². The molecule has 1 rings (SSSR count). The lowest BCUT2D eigenvalue weighted by Gasteiger charge is -2.13. The van der Waals surface area contributed by atoms with Crippen LogP contribution in [0.25, 0.3) is 0 Å². The second-order valence-electron chi connectivity index (χ2n) is 4.36. The first kappa shape index (κ1) is 16.5. The zero-order valence-electron chi connectivity index (χ0n) is 11.5. The minimum absolute atomic E-state index is 0.0764. The van der Waals surface area contributed by atoms with Gasteiger partial charge in [0.2, 0.25) is 10.0 Å². The number of hydrogen-bond acceptors (Lipinski definition) is 4. The van der Waals surface area contributed by atoms with Crippen molar-refractivity contribution in [2.75, 3.05) is 6.61 Å². The molecule has 0 radical (unpaired) electrons. The lowest BCUT2D eigenvalue weighted by molar-refractivity contribution is -0.137. The summed E-state index contributed by atoms with van der Waals surface area (Å²) < 4.78 is 31.8. The Balaban J connectivity index is 2.70. The largest absolute Gasteiger partial charge is 0.494 e. The molecule has 0 saturated heterocycles. The molecule has 112 valence electrons. The summed E-state index contributed by atoms with van der Waals surface area (Å²) in [4.78, 5) is 10.6. The van der Waals surface area contributed by atoms with Crippen molar-refractivity contribution in [1.82, 2.24) is 4.72 Å². The monoisotopic (exact) mass is 301 g/mol. The number of carboxylic acids is 1. The van der Waals surface area contributed by atoms with E-state index >= 15 is 0 Å². The van der Waals surface area contributed by atoms with Crippen LogP contribution < -0.4 is 9.46 Å². The van der Waals surface area contributed by atoms with E-state index in [1.807, 2.05) is 6.92 Å². The van der Waals surface area contributed by atoms with Crippen LogP contribution in [-0.2, 0) is 14.8 Å². The molecule has 1 unspecified atom stereocenters. The quantitative estimate of drug-likeness (QED) is 0.761. The summed E-state index contributed by atoms with van der Waals surface area (Å²) in [5.41, 5.74) is 0. The molecular formula is C13H19NO5S. The second-order valence-corrected chi connectivity index (χ2v) is 6.07. The maximum Gasteiger partial charge on any atom is 0.303 e. The molecule has 0 aliphatic heterocycles. The summed E-state index contributed by atoms with van der Waals surface area (Å²) in [7, 11) is -3.64. The van der Waals surface area contributed by atoms with Crippen molar-refractivity contribution in [3.63, 3.8) is 0 Å². The Bertz CT molecular complexity index is 538. The van der Waals surface area contributed by atoms with Crippen molar-refractivity contribution in [1.29, 1.82) is 0 Å². The molecule has 0 heterocycles. The molecule has 1 atom stereocenters. The highest BCUT2D eigenvalue weighted by atomic mass is 32.2. The molecule has 0 amide bonds. The Morgan fingerprint density at radius 3 is 2.45 bits per heavy atom. The Hall–Kier alpha value is -1.60. The van der Waals surface area contributed by atoms with Crippen LogP contribution in [0.4, 0.5) is 0 Å². The molecule has 0 aliphatic carbocycles. The molecule has 0 bridgehead atoms. The van der Waals surface area contributed by atoms with Crippen molar-refractivity contribution in [3.8, 4) is 5.75 Å². The van der Waals surface area contributed by atoms with Crippen molar-refractivity contribution < 1.29 is 23.1 Å². The van der Waals surface area contributed by atoms with Crippen molar-refractivity contribution in [2.24, 2.45) is 0 Å². The molecule has 6 nitrogen and oxygen atoms in total. The number of nitrogens with one attached hydrogen (secondary N) is 1. The number of aliphatic carboxylic acids is 1. The molecule has 0 aromatic heterocycles. The maximum absolute atomic E-state index is 12.1. The van der Waals surface area contributed by atoms with Gasteiger partial charge in [0.05, 0.1) is 11.5 Å². The van der Waals surface area contributed by atoms with Gasteiger partial charge in [-0.3, -0.25) is 4.79 Å². The number of carboxylic acid groups (broad SMARTS) is 1. The Morgan fingerprint density at radius 1 is 1.35 bits per heavy atom. The van der Waals surface area contributed by atoms with E-state index in [9.17, 15) is 13.2 Å². The van der Waals surface area contributed by atoms with Gasteiger partial charge in [0.15, 0.2) is 0 Å². The van der Waals surface area contributed by atoms with Gasteiger partial charge in [-0.05, 0) is 44.5 Å². The lowest BCUT2D eigenvalue weighted by atomic mass is 10.2. The van der Waals surface area contributed by atoms with Crippen LogP contribution in [0.1, 0.15) is 26.7 Å². The van der Waals surface area contributed by atoms with Gasteiger partial charge >= 0.3 is 5.97 Å². The SMILES string of the molecule is CCOc1ccc(S(=O)(=O)NC(C)CCC(=O)O)cc1. The summed E-state index contributed by atoms with van der Waals surface area (Å²) in [6, 6.07) is 5.64. The normalized spacial score (nSPS) is 12.9. The molecule has 1 aromatic rings. The summed E-state index contributed by atoms with van der Waals surface area (Å²) in [6.45, 7) is 3.99. The van der Waals surface area contributed by atoms with Gasteiger partial charge in [0.1, 0.15) is 5.75 Å². The van der Waals surface area contributed by atoms with Gasteiger partial charge in [-0.25, -0.2) is 13.1 Å². The highest BCUT2D eigenvalue weighted by molar-refractivity contribution is 7.89. The molecule has 20 heavy (non-hydrogen) atoms. The Morgan fingerprint density at radius 2 is 1.95 bits per heavy atom. The van der Waals surface area contributed by atoms with Crippen molar-refractivity contribution in [3.05, 3.63) is 24.3 Å². The van der Waals surface area contributed by atoms with Gasteiger partial charge in [-0.1, -0.05) is 0 Å². The van der Waals surface area contributed by atoms with E-state index in [0.29, 0.717) is 12.4 Å². The fraction of sp³-hybridized carbons (Fsp3) is 0.462. The van der Waals surface area contributed by atoms with Crippen LogP contribution in [-0.4, -0.2) is 32.1 Å². The van der Waals surface area contributed by atoms with E-state index in [4.69, 9.17) is 9.84 Å². The van der Waals surface area contributed by atoms with E-state index in [1.165, 1.54) is 12.1 Å². The first-order valence-electron chi connectivity index (χ1n) is 6.32. The third-order valence-electron chi connectivity index (χ3n) is 2.59. The van der Waals surface area contributed by atoms with Gasteiger partial charge in [-0.15, -0.1) is 0 Å². The van der Waals surface area contributed by atoms with Gasteiger partial charge in [-0.2, -0.15) is 0 Å². The topological polar surface area (TPSA) is 92.7 Å². The second kappa shape index (κ2) is 7.25. The molecule has 0 spiro atoms. The highest BCUT2D eigenvalue weighted by Gasteiger charge is 2.17. The minimum Gasteiger partial charge on any atom is -0.494 e. The number of carbonyl (C=O) groups is 1. The van der Waals surface area contributed by atoms with Crippen LogP contribution in [0.5, 0.6) is 5.75 Å². The third-order valence-corrected chi connectivity index (χ3v) is 4.20. The summed E-state index contributed by atoms with van der Waals surface area (Å²) in [5, 5.41) is 8.57. The standard InChI is InChI=1S/C13H19NO5S/c1-3-19-11-5-7-12(8-6-11)20(17,18)14-10(2)4-9-13(15)16/h5-8,10,14H,3-4,9H2,1-2H3,(H,15,16). The minimum atomic E-state index is -3.64. The van der Waals surface area contributed by atoms with E-state index in [-0.39, 0.29) is 17.7 Å². The van der Waals surface area contributed by atoms with Crippen molar-refractivity contribution in [2.45, 2.75) is 37.6 Å². The fourth-order valence-corrected chi connectivity index (χ4v) is 2.89. The van der Waals surface area contributed by atoms with E-state index in [2.05, 4.69) is 4.72 Å². The zero-order chi connectivity index (χ0) is 15.2. The van der Waals surface area contributed by atoms with Crippen LogP contribution in [0, 0.1) is 0 Å². The Labute approximate surface area is 118 Å². The fourth-order valence-electron chi connectivity index (χ4n) is 1.61. The maximum atomic E-state index is 12.1. The summed E-state index contributed by atoms with van der Waals surface area (Å²) in [6.07, 6.45) is 0.165. The lowest BCUT2D eigenvalue weighted by Crippen LogP contribution is -2.32. The molecule has 7 heteroatoms. The number of rotatable bonds is 8. The smallest absolute Gasteiger partial charge is 0.303 e. The Kier molecular flexibility index (Phi) is 5.97. The van der Waals surface area contributed by atoms with E-state index in [1.54, 1.807) is 19.1 Å². The summed E-state index contributed by atoms with van der Waals surface area (Å²) >= 11 is 0. The molecular weight excluding hydrogens is 282 g/mol. The van der Waals surface area contributed by atoms with Crippen LogP contribution in [0.15, 0.2) is 29.2 Å². The first-order chi connectivity index (χ1) is 9.35. The van der Waals surface area contributed by atoms with Gasteiger partial charge < -0.3 is 9.84 Å². The zero-order valence-corrected chi connectivity index (χ0v) is 12.3. The average molecular weight is 301 g/mol. The molecule has 0 aliphatic rings. The van der Waals surface area contributed by atoms with Gasteiger partial charge in [0, 0.05) is 12.5 Å². The molecule has 0 fully saturated rings. The third kappa shape index (κ3) is 5.18. The van der Waals surface area contributed by atoms with Crippen LogP contribution >= 0.6 is 0 Å².